The van der Waals surface area contributed by atoms with Gasteiger partial charge in [0, 0.05) is 10.6 Å². The number of primary amides is 1. The lowest BCUT2D eigenvalue weighted by molar-refractivity contribution is -0.117. The van der Waals surface area contributed by atoms with Crippen molar-refractivity contribution in [3.8, 4) is 0 Å². The van der Waals surface area contributed by atoms with E-state index in [1.54, 1.807) is 25.1 Å². The molecule has 0 saturated carbocycles. The Bertz CT molecular complexity index is 404. The van der Waals surface area contributed by atoms with Crippen LogP contribution in [0.2, 0.25) is 5.02 Å². The number of hydrogen-bond donors (Lipinski definition) is 2. The summed E-state index contributed by atoms with van der Waals surface area (Å²) in [7, 11) is 0. The van der Waals surface area contributed by atoms with Crippen LogP contribution >= 0.6 is 11.6 Å². The molecule has 0 aliphatic rings. The third kappa shape index (κ3) is 3.25. The maximum Gasteiger partial charge on any atom is 0.251 e. The minimum absolute atomic E-state index is 0.166. The molecule has 1 rings (SSSR count). The number of carbonyl (C=O) groups excluding carboxylic acids is 2. The van der Waals surface area contributed by atoms with Crippen LogP contribution in [0.1, 0.15) is 15.9 Å². The van der Waals surface area contributed by atoms with Gasteiger partial charge in [0.05, 0.1) is 6.54 Å². The van der Waals surface area contributed by atoms with E-state index in [9.17, 15) is 9.59 Å². The van der Waals surface area contributed by atoms with E-state index in [1.807, 2.05) is 0 Å². The van der Waals surface area contributed by atoms with Crippen molar-refractivity contribution in [2.75, 3.05) is 6.54 Å². The first kappa shape index (κ1) is 11.5. The zero-order valence-electron chi connectivity index (χ0n) is 8.21. The minimum atomic E-state index is -0.574. The van der Waals surface area contributed by atoms with E-state index in [2.05, 4.69) is 5.32 Å². The molecule has 0 atom stereocenters. The number of nitrogens with two attached hydrogens (primary N) is 1. The van der Waals surface area contributed by atoms with Crippen molar-refractivity contribution >= 4 is 23.4 Å². The summed E-state index contributed by atoms with van der Waals surface area (Å²) in [5.41, 5.74) is 6.15. The molecule has 5 heteroatoms. The SMILES string of the molecule is Cc1cc(Cl)ccc1C(=O)NCC(N)=O. The lowest BCUT2D eigenvalue weighted by Gasteiger charge is -2.06. The van der Waals surface area contributed by atoms with E-state index in [0.717, 1.165) is 5.56 Å². The van der Waals surface area contributed by atoms with Gasteiger partial charge in [0.25, 0.3) is 5.91 Å². The summed E-state index contributed by atoms with van der Waals surface area (Å²) in [6.45, 7) is 1.60. The van der Waals surface area contributed by atoms with Crippen LogP contribution < -0.4 is 11.1 Å². The van der Waals surface area contributed by atoms with Crippen LogP contribution in [0.25, 0.3) is 0 Å². The zero-order chi connectivity index (χ0) is 11.4. The monoisotopic (exact) mass is 226 g/mol. The predicted octanol–water partition coefficient (Wildman–Crippen LogP) is 0.864. The summed E-state index contributed by atoms with van der Waals surface area (Å²) >= 11 is 5.74. The topological polar surface area (TPSA) is 72.2 Å². The highest BCUT2D eigenvalue weighted by molar-refractivity contribution is 6.30. The van der Waals surface area contributed by atoms with Gasteiger partial charge in [-0.3, -0.25) is 9.59 Å². The smallest absolute Gasteiger partial charge is 0.251 e. The van der Waals surface area contributed by atoms with Crippen LogP contribution in [0.3, 0.4) is 0 Å². The number of hydrogen-bond acceptors (Lipinski definition) is 2. The lowest BCUT2D eigenvalue weighted by atomic mass is 10.1. The van der Waals surface area contributed by atoms with Crippen LogP contribution in [-0.4, -0.2) is 18.4 Å². The third-order valence-corrected chi connectivity index (χ3v) is 2.09. The van der Waals surface area contributed by atoms with Crippen molar-refractivity contribution in [2.24, 2.45) is 5.73 Å². The molecule has 2 amide bonds. The van der Waals surface area contributed by atoms with Gasteiger partial charge in [-0.2, -0.15) is 0 Å². The zero-order valence-corrected chi connectivity index (χ0v) is 8.97. The van der Waals surface area contributed by atoms with Crippen LogP contribution in [0.4, 0.5) is 0 Å². The average molecular weight is 227 g/mol. The first-order valence-corrected chi connectivity index (χ1v) is 4.71. The summed E-state index contributed by atoms with van der Waals surface area (Å²) in [5, 5.41) is 2.97. The molecule has 0 radical (unpaired) electrons. The number of nitrogens with one attached hydrogen (secondary N) is 1. The number of benzene rings is 1. The van der Waals surface area contributed by atoms with Gasteiger partial charge in [-0.1, -0.05) is 11.6 Å². The van der Waals surface area contributed by atoms with Crippen molar-refractivity contribution in [3.05, 3.63) is 34.3 Å². The van der Waals surface area contributed by atoms with E-state index < -0.39 is 5.91 Å². The Hall–Kier alpha value is -1.55. The Kier molecular flexibility index (Phi) is 3.68. The van der Waals surface area contributed by atoms with Gasteiger partial charge in [-0.15, -0.1) is 0 Å². The van der Waals surface area contributed by atoms with Gasteiger partial charge < -0.3 is 11.1 Å². The molecule has 0 bridgehead atoms. The molecular formula is C10H11ClN2O2. The van der Waals surface area contributed by atoms with Gasteiger partial charge in [0.2, 0.25) is 5.91 Å². The lowest BCUT2D eigenvalue weighted by Crippen LogP contribution is -2.33. The molecule has 0 unspecified atom stereocenters. The molecule has 0 fully saturated rings. The molecule has 0 spiro atoms. The first-order chi connectivity index (χ1) is 7.00. The van der Waals surface area contributed by atoms with Crippen LogP contribution in [0.15, 0.2) is 18.2 Å². The summed E-state index contributed by atoms with van der Waals surface area (Å²) in [6, 6.07) is 4.91. The van der Waals surface area contributed by atoms with Crippen LogP contribution in [-0.2, 0) is 4.79 Å². The Balaban J connectivity index is 2.78. The van der Waals surface area contributed by atoms with E-state index in [4.69, 9.17) is 17.3 Å². The van der Waals surface area contributed by atoms with Crippen molar-refractivity contribution in [2.45, 2.75) is 6.92 Å². The Morgan fingerprint density at radius 1 is 1.47 bits per heavy atom. The molecule has 1 aromatic rings. The second-order valence-electron chi connectivity index (χ2n) is 3.11. The molecule has 1 aromatic carbocycles. The molecular weight excluding hydrogens is 216 g/mol. The van der Waals surface area contributed by atoms with Crippen molar-refractivity contribution in [1.82, 2.24) is 5.32 Å². The van der Waals surface area contributed by atoms with Crippen LogP contribution in [0, 0.1) is 6.92 Å². The molecule has 0 saturated heterocycles. The highest BCUT2D eigenvalue weighted by Crippen LogP contribution is 2.14. The van der Waals surface area contributed by atoms with Gasteiger partial charge in [0.15, 0.2) is 0 Å². The first-order valence-electron chi connectivity index (χ1n) is 4.33. The molecule has 0 aliphatic carbocycles. The largest absolute Gasteiger partial charge is 0.368 e. The fraction of sp³-hybridized carbons (Fsp3) is 0.200. The highest BCUT2D eigenvalue weighted by atomic mass is 35.5. The summed E-state index contributed by atoms with van der Waals surface area (Å²) in [5.74, 6) is -0.905. The second kappa shape index (κ2) is 4.79. The Morgan fingerprint density at radius 3 is 2.67 bits per heavy atom. The number of carbonyl (C=O) groups is 2. The summed E-state index contributed by atoms with van der Waals surface area (Å²) < 4.78 is 0. The van der Waals surface area contributed by atoms with E-state index in [1.165, 1.54) is 0 Å². The Morgan fingerprint density at radius 2 is 2.13 bits per heavy atom. The molecule has 0 aliphatic heterocycles. The van der Waals surface area contributed by atoms with Crippen molar-refractivity contribution in [1.29, 1.82) is 0 Å². The second-order valence-corrected chi connectivity index (χ2v) is 3.54. The quantitative estimate of drug-likeness (QED) is 0.803. The summed E-state index contributed by atoms with van der Waals surface area (Å²) in [4.78, 5) is 22.0. The highest BCUT2D eigenvalue weighted by Gasteiger charge is 2.09. The maximum atomic E-state index is 11.5. The van der Waals surface area contributed by atoms with Crippen LogP contribution in [0.5, 0.6) is 0 Å². The number of aryl methyl sites for hydroxylation is 1. The Labute approximate surface area is 92.4 Å². The van der Waals surface area contributed by atoms with E-state index >= 15 is 0 Å². The molecule has 0 heterocycles. The molecule has 15 heavy (non-hydrogen) atoms. The maximum absolute atomic E-state index is 11.5. The van der Waals surface area contributed by atoms with E-state index in [0.29, 0.717) is 10.6 Å². The molecule has 4 nitrogen and oxygen atoms in total. The standard InChI is InChI=1S/C10H11ClN2O2/c1-6-4-7(11)2-3-8(6)10(15)13-5-9(12)14/h2-4H,5H2,1H3,(H2,12,14)(H,13,15). The average Bonchev–Trinajstić information content (AvgIpc) is 2.14. The molecule has 80 valence electrons. The normalized spacial score (nSPS) is 9.73. The van der Waals surface area contributed by atoms with Gasteiger partial charge in [0.1, 0.15) is 0 Å². The van der Waals surface area contributed by atoms with Gasteiger partial charge in [-0.05, 0) is 30.7 Å². The van der Waals surface area contributed by atoms with Crippen molar-refractivity contribution in [3.63, 3.8) is 0 Å². The van der Waals surface area contributed by atoms with Gasteiger partial charge >= 0.3 is 0 Å². The number of halogens is 1. The molecule has 0 aromatic heterocycles. The third-order valence-electron chi connectivity index (χ3n) is 1.86. The fourth-order valence-electron chi connectivity index (χ4n) is 1.14. The van der Waals surface area contributed by atoms with Crippen molar-refractivity contribution < 1.29 is 9.59 Å². The predicted molar refractivity (Wildman–Crippen MR) is 57.7 cm³/mol. The number of amides is 2. The van der Waals surface area contributed by atoms with Gasteiger partial charge in [-0.25, -0.2) is 0 Å². The minimum Gasteiger partial charge on any atom is -0.368 e. The number of rotatable bonds is 3. The van der Waals surface area contributed by atoms with E-state index in [-0.39, 0.29) is 12.5 Å². The molecule has 3 N–H and O–H groups in total. The summed E-state index contributed by atoms with van der Waals surface area (Å²) in [6.07, 6.45) is 0. The fourth-order valence-corrected chi connectivity index (χ4v) is 1.37.